The average molecular weight is 214 g/mol. The van der Waals surface area contributed by atoms with Crippen molar-refractivity contribution in [3.05, 3.63) is 53.4 Å². The van der Waals surface area contributed by atoms with Crippen molar-refractivity contribution < 1.29 is 4.52 Å². The minimum absolute atomic E-state index is 0.298. The summed E-state index contributed by atoms with van der Waals surface area (Å²) in [4.78, 5) is 0. The van der Waals surface area contributed by atoms with Gasteiger partial charge in [-0.25, -0.2) is 0 Å². The quantitative estimate of drug-likeness (QED) is 0.790. The van der Waals surface area contributed by atoms with Crippen molar-refractivity contribution in [1.82, 2.24) is 5.16 Å². The lowest BCUT2D eigenvalue weighted by molar-refractivity contribution is 0.307. The summed E-state index contributed by atoms with van der Waals surface area (Å²) in [6.45, 7) is 0. The molecule has 2 N–H and O–H groups in total. The Balaban J connectivity index is 1.98. The molecule has 82 valence electrons. The molecule has 0 amide bonds. The molecule has 0 saturated heterocycles. The van der Waals surface area contributed by atoms with Crippen molar-refractivity contribution in [2.75, 3.05) is 0 Å². The first-order chi connectivity index (χ1) is 7.78. The Labute approximate surface area is 94.2 Å². The molecule has 0 fully saturated rings. The predicted octanol–water partition coefficient (Wildman–Crippen LogP) is 2.02. The molecule has 0 aliphatic heterocycles. The van der Waals surface area contributed by atoms with Crippen molar-refractivity contribution in [2.24, 2.45) is 5.73 Å². The first-order valence-corrected chi connectivity index (χ1v) is 5.55. The monoisotopic (exact) mass is 214 g/mol. The van der Waals surface area contributed by atoms with Gasteiger partial charge >= 0.3 is 0 Å². The number of aromatic nitrogens is 1. The highest BCUT2D eigenvalue weighted by molar-refractivity contribution is 5.30. The number of rotatable bonds is 1. The summed E-state index contributed by atoms with van der Waals surface area (Å²) in [5.41, 5.74) is 8.55. The molecule has 1 atom stereocenters. The van der Waals surface area contributed by atoms with Gasteiger partial charge in [-0.2, -0.15) is 0 Å². The minimum Gasteiger partial charge on any atom is -0.361 e. The number of nitrogens with two attached hydrogens (primary N) is 1. The minimum atomic E-state index is -0.298. The molecule has 1 aliphatic carbocycles. The highest BCUT2D eigenvalue weighted by Gasteiger charge is 2.34. The van der Waals surface area contributed by atoms with Crippen LogP contribution < -0.4 is 5.73 Å². The van der Waals surface area contributed by atoms with Crippen LogP contribution in [0.2, 0.25) is 0 Å². The van der Waals surface area contributed by atoms with E-state index in [4.69, 9.17) is 10.3 Å². The highest BCUT2D eigenvalue weighted by Crippen LogP contribution is 2.34. The second-order valence-corrected chi connectivity index (χ2v) is 4.47. The van der Waals surface area contributed by atoms with Crippen LogP contribution in [0.3, 0.4) is 0 Å². The van der Waals surface area contributed by atoms with Crippen molar-refractivity contribution in [1.29, 1.82) is 0 Å². The maximum absolute atomic E-state index is 6.47. The van der Waals surface area contributed by atoms with Gasteiger partial charge in [0.25, 0.3) is 0 Å². The van der Waals surface area contributed by atoms with Crippen LogP contribution in [0.1, 0.15) is 23.3 Å². The summed E-state index contributed by atoms with van der Waals surface area (Å²) >= 11 is 0. The fraction of sp³-hybridized carbons (Fsp3) is 0.308. The van der Waals surface area contributed by atoms with E-state index in [0.717, 1.165) is 25.0 Å². The smallest absolute Gasteiger partial charge is 0.142 e. The van der Waals surface area contributed by atoms with E-state index < -0.39 is 0 Å². The first-order valence-electron chi connectivity index (χ1n) is 5.55. The normalized spacial score (nSPS) is 24.1. The first kappa shape index (κ1) is 9.60. The van der Waals surface area contributed by atoms with Gasteiger partial charge in [0.1, 0.15) is 5.76 Å². The van der Waals surface area contributed by atoms with Gasteiger partial charge in [0.15, 0.2) is 0 Å². The summed E-state index contributed by atoms with van der Waals surface area (Å²) in [7, 11) is 0. The van der Waals surface area contributed by atoms with Crippen molar-refractivity contribution in [3.8, 4) is 0 Å². The number of fused-ring (bicyclic) bond motifs is 1. The van der Waals surface area contributed by atoms with Gasteiger partial charge in [0.2, 0.25) is 0 Å². The van der Waals surface area contributed by atoms with Crippen LogP contribution in [0.5, 0.6) is 0 Å². The van der Waals surface area contributed by atoms with E-state index in [1.54, 1.807) is 6.20 Å². The summed E-state index contributed by atoms with van der Waals surface area (Å²) in [6.07, 6.45) is 4.45. The topological polar surface area (TPSA) is 52.0 Å². The molecule has 16 heavy (non-hydrogen) atoms. The zero-order chi connectivity index (χ0) is 11.0. The van der Waals surface area contributed by atoms with Gasteiger partial charge in [0, 0.05) is 17.5 Å². The SMILES string of the molecule is NC1(c2ccccc2)CCc2cnoc2C1. The van der Waals surface area contributed by atoms with E-state index in [1.165, 1.54) is 11.1 Å². The van der Waals surface area contributed by atoms with Crippen LogP contribution in [0.25, 0.3) is 0 Å². The third kappa shape index (κ3) is 1.44. The van der Waals surface area contributed by atoms with Gasteiger partial charge in [-0.3, -0.25) is 0 Å². The molecule has 3 nitrogen and oxygen atoms in total. The standard InChI is InChI=1S/C13H14N2O/c14-13(11-4-2-1-3-5-11)7-6-10-9-15-16-12(10)8-13/h1-5,9H,6-8,14H2. The van der Waals surface area contributed by atoms with E-state index in [-0.39, 0.29) is 5.54 Å². The fourth-order valence-electron chi connectivity index (χ4n) is 2.38. The van der Waals surface area contributed by atoms with Crippen molar-refractivity contribution >= 4 is 0 Å². The third-order valence-electron chi connectivity index (χ3n) is 3.39. The Morgan fingerprint density at radius 3 is 2.88 bits per heavy atom. The summed E-state index contributed by atoms with van der Waals surface area (Å²) < 4.78 is 5.24. The number of aryl methyl sites for hydroxylation is 1. The van der Waals surface area contributed by atoms with Gasteiger partial charge in [0.05, 0.1) is 6.20 Å². The highest BCUT2D eigenvalue weighted by atomic mass is 16.5. The second-order valence-electron chi connectivity index (χ2n) is 4.47. The van der Waals surface area contributed by atoms with Crippen molar-refractivity contribution in [2.45, 2.75) is 24.8 Å². The van der Waals surface area contributed by atoms with E-state index in [9.17, 15) is 0 Å². The van der Waals surface area contributed by atoms with E-state index in [1.807, 2.05) is 18.2 Å². The van der Waals surface area contributed by atoms with E-state index >= 15 is 0 Å². The zero-order valence-electron chi connectivity index (χ0n) is 9.02. The van der Waals surface area contributed by atoms with Crippen molar-refractivity contribution in [3.63, 3.8) is 0 Å². The molecule has 1 heterocycles. The van der Waals surface area contributed by atoms with Crippen LogP contribution in [0.4, 0.5) is 0 Å². The Kier molecular flexibility index (Phi) is 2.07. The molecule has 0 bridgehead atoms. The molecule has 1 aliphatic rings. The number of benzene rings is 1. The number of hydrogen-bond donors (Lipinski definition) is 1. The molecule has 1 aromatic heterocycles. The Morgan fingerprint density at radius 1 is 1.25 bits per heavy atom. The molecule has 2 aromatic rings. The number of hydrogen-bond acceptors (Lipinski definition) is 3. The van der Waals surface area contributed by atoms with Crippen LogP contribution in [-0.4, -0.2) is 5.16 Å². The van der Waals surface area contributed by atoms with E-state index in [0.29, 0.717) is 0 Å². The third-order valence-corrected chi connectivity index (χ3v) is 3.39. The van der Waals surface area contributed by atoms with E-state index in [2.05, 4.69) is 17.3 Å². The van der Waals surface area contributed by atoms with Crippen LogP contribution in [0, 0.1) is 0 Å². The molecular formula is C13H14N2O. The lowest BCUT2D eigenvalue weighted by atomic mass is 9.77. The molecule has 0 radical (unpaired) electrons. The largest absolute Gasteiger partial charge is 0.361 e. The molecule has 1 unspecified atom stereocenters. The van der Waals surface area contributed by atoms with Gasteiger partial charge < -0.3 is 10.3 Å². The summed E-state index contributed by atoms with van der Waals surface area (Å²) in [5.74, 6) is 0.942. The zero-order valence-corrected chi connectivity index (χ0v) is 9.02. The van der Waals surface area contributed by atoms with Gasteiger partial charge in [-0.15, -0.1) is 0 Å². The lowest BCUT2D eigenvalue weighted by Crippen LogP contribution is -2.41. The molecule has 1 aromatic carbocycles. The van der Waals surface area contributed by atoms with Gasteiger partial charge in [-0.05, 0) is 18.4 Å². The van der Waals surface area contributed by atoms with Crippen LogP contribution in [-0.2, 0) is 18.4 Å². The Morgan fingerprint density at radius 2 is 2.06 bits per heavy atom. The fourth-order valence-corrected chi connectivity index (χ4v) is 2.38. The Hall–Kier alpha value is -1.61. The molecule has 0 spiro atoms. The predicted molar refractivity (Wildman–Crippen MR) is 60.8 cm³/mol. The maximum Gasteiger partial charge on any atom is 0.142 e. The summed E-state index contributed by atoms with van der Waals surface area (Å²) in [5, 5.41) is 3.83. The second kappa shape index (κ2) is 3.46. The Bertz CT molecular complexity index is 492. The molecule has 3 heteroatoms. The van der Waals surface area contributed by atoms with Crippen LogP contribution in [0.15, 0.2) is 41.1 Å². The number of nitrogens with zero attached hydrogens (tertiary/aromatic N) is 1. The van der Waals surface area contributed by atoms with Crippen LogP contribution >= 0.6 is 0 Å². The molecule has 0 saturated carbocycles. The lowest BCUT2D eigenvalue weighted by Gasteiger charge is -2.32. The van der Waals surface area contributed by atoms with Gasteiger partial charge in [-0.1, -0.05) is 35.5 Å². The average Bonchev–Trinajstić information content (AvgIpc) is 2.77. The summed E-state index contributed by atoms with van der Waals surface area (Å²) in [6, 6.07) is 10.2. The maximum atomic E-state index is 6.47. The molecule has 3 rings (SSSR count). The molecular weight excluding hydrogens is 200 g/mol.